The van der Waals surface area contributed by atoms with Crippen molar-refractivity contribution >= 4 is 11.8 Å². The Kier molecular flexibility index (Phi) is 8.33. The fourth-order valence-corrected chi connectivity index (χ4v) is 2.20. The zero-order valence-corrected chi connectivity index (χ0v) is 13.9. The molecule has 5 nitrogen and oxygen atoms in total. The third kappa shape index (κ3) is 7.86. The molecule has 0 aliphatic carbocycles. The molecule has 1 rings (SSSR count). The van der Waals surface area contributed by atoms with Crippen LogP contribution in [-0.2, 0) is 4.79 Å². The third-order valence-electron chi connectivity index (χ3n) is 3.44. The van der Waals surface area contributed by atoms with Crippen LogP contribution < -0.4 is 10.6 Å². The standard InChI is InChI=1S/C17H28N2O3/c1-13(2)7-4-8-14(3)19-16(20)10-5-11-18-17(21)15-9-6-12-22-15/h6,9,12-14H,4-5,7-8,10-11H2,1-3H3,(H,18,21)(H,19,20). The second-order valence-electron chi connectivity index (χ2n) is 6.13. The number of furan rings is 1. The summed E-state index contributed by atoms with van der Waals surface area (Å²) in [5, 5.41) is 5.73. The van der Waals surface area contributed by atoms with Gasteiger partial charge in [-0.2, -0.15) is 0 Å². The van der Waals surface area contributed by atoms with Gasteiger partial charge in [-0.05, 0) is 37.8 Å². The van der Waals surface area contributed by atoms with Gasteiger partial charge in [-0.1, -0.05) is 26.7 Å². The first-order chi connectivity index (χ1) is 10.5. The molecule has 0 aliphatic heterocycles. The number of hydrogen-bond acceptors (Lipinski definition) is 3. The van der Waals surface area contributed by atoms with Crippen LogP contribution in [0.2, 0.25) is 0 Å². The molecule has 1 aromatic rings. The Hall–Kier alpha value is -1.78. The second-order valence-corrected chi connectivity index (χ2v) is 6.13. The Morgan fingerprint density at radius 2 is 1.95 bits per heavy atom. The molecule has 0 spiro atoms. The molecule has 5 heteroatoms. The van der Waals surface area contributed by atoms with E-state index in [9.17, 15) is 9.59 Å². The molecule has 0 saturated carbocycles. The van der Waals surface area contributed by atoms with E-state index < -0.39 is 0 Å². The first kappa shape index (κ1) is 18.3. The van der Waals surface area contributed by atoms with E-state index >= 15 is 0 Å². The molecule has 0 saturated heterocycles. The van der Waals surface area contributed by atoms with Gasteiger partial charge in [-0.15, -0.1) is 0 Å². The first-order valence-corrected chi connectivity index (χ1v) is 8.10. The summed E-state index contributed by atoms with van der Waals surface area (Å²) >= 11 is 0. The maximum absolute atomic E-state index is 11.8. The maximum Gasteiger partial charge on any atom is 0.286 e. The minimum Gasteiger partial charge on any atom is -0.459 e. The summed E-state index contributed by atoms with van der Waals surface area (Å²) in [5.41, 5.74) is 0. The van der Waals surface area contributed by atoms with Crippen LogP contribution in [0.1, 0.15) is 63.4 Å². The summed E-state index contributed by atoms with van der Waals surface area (Å²) < 4.78 is 4.99. The molecule has 1 aromatic heterocycles. The summed E-state index contributed by atoms with van der Waals surface area (Å²) in [6.07, 6.45) is 5.85. The molecule has 0 fully saturated rings. The van der Waals surface area contributed by atoms with Crippen LogP contribution in [0.15, 0.2) is 22.8 Å². The lowest BCUT2D eigenvalue weighted by Gasteiger charge is -2.14. The number of hydrogen-bond donors (Lipinski definition) is 2. The molecule has 124 valence electrons. The summed E-state index contributed by atoms with van der Waals surface area (Å²) in [7, 11) is 0. The SMILES string of the molecule is CC(C)CCCC(C)NC(=O)CCCNC(=O)c1ccco1. The molecule has 0 radical (unpaired) electrons. The van der Waals surface area contributed by atoms with E-state index in [4.69, 9.17) is 4.42 Å². The third-order valence-corrected chi connectivity index (χ3v) is 3.44. The highest BCUT2D eigenvalue weighted by molar-refractivity contribution is 5.91. The van der Waals surface area contributed by atoms with E-state index in [0.29, 0.717) is 31.1 Å². The van der Waals surface area contributed by atoms with E-state index in [0.717, 1.165) is 12.8 Å². The molecular weight excluding hydrogens is 280 g/mol. The lowest BCUT2D eigenvalue weighted by atomic mass is 10.0. The van der Waals surface area contributed by atoms with Crippen LogP contribution in [0.4, 0.5) is 0 Å². The molecule has 0 aromatic carbocycles. The zero-order chi connectivity index (χ0) is 16.4. The van der Waals surface area contributed by atoms with Crippen LogP contribution in [0.3, 0.4) is 0 Å². The number of carbonyl (C=O) groups is 2. The summed E-state index contributed by atoms with van der Waals surface area (Å²) in [4.78, 5) is 23.4. The maximum atomic E-state index is 11.8. The van der Waals surface area contributed by atoms with Gasteiger partial charge in [-0.25, -0.2) is 0 Å². The van der Waals surface area contributed by atoms with E-state index in [1.807, 2.05) is 6.92 Å². The smallest absolute Gasteiger partial charge is 0.286 e. The van der Waals surface area contributed by atoms with Crippen molar-refractivity contribution in [3.63, 3.8) is 0 Å². The highest BCUT2D eigenvalue weighted by Crippen LogP contribution is 2.08. The fraction of sp³-hybridized carbons (Fsp3) is 0.647. The Bertz CT molecular complexity index is 441. The van der Waals surface area contributed by atoms with Gasteiger partial charge in [0.05, 0.1) is 6.26 Å². The van der Waals surface area contributed by atoms with Crippen molar-refractivity contribution < 1.29 is 14.0 Å². The Morgan fingerprint density at radius 3 is 2.59 bits per heavy atom. The zero-order valence-electron chi connectivity index (χ0n) is 13.9. The van der Waals surface area contributed by atoms with Crippen molar-refractivity contribution in [3.05, 3.63) is 24.2 Å². The minimum absolute atomic E-state index is 0.0456. The summed E-state index contributed by atoms with van der Waals surface area (Å²) in [6.45, 7) is 6.92. The van der Waals surface area contributed by atoms with Gasteiger partial charge in [0.2, 0.25) is 5.91 Å². The van der Waals surface area contributed by atoms with Crippen LogP contribution in [-0.4, -0.2) is 24.4 Å². The van der Waals surface area contributed by atoms with Gasteiger partial charge in [0.25, 0.3) is 5.91 Å². The largest absolute Gasteiger partial charge is 0.459 e. The van der Waals surface area contributed by atoms with Gasteiger partial charge in [0.1, 0.15) is 0 Å². The lowest BCUT2D eigenvalue weighted by molar-refractivity contribution is -0.121. The van der Waals surface area contributed by atoms with Crippen molar-refractivity contribution in [2.45, 2.75) is 58.9 Å². The predicted octanol–water partition coefficient (Wildman–Crippen LogP) is 3.12. The average molecular weight is 308 g/mol. The summed E-state index contributed by atoms with van der Waals surface area (Å²) in [5.74, 6) is 0.806. The highest BCUT2D eigenvalue weighted by Gasteiger charge is 2.09. The van der Waals surface area contributed by atoms with Crippen LogP contribution >= 0.6 is 0 Å². The number of carbonyl (C=O) groups excluding carboxylic acids is 2. The van der Waals surface area contributed by atoms with Crippen molar-refractivity contribution in [2.24, 2.45) is 5.92 Å². The predicted molar refractivity (Wildman–Crippen MR) is 86.6 cm³/mol. The monoisotopic (exact) mass is 308 g/mol. The highest BCUT2D eigenvalue weighted by atomic mass is 16.3. The minimum atomic E-state index is -0.243. The van der Waals surface area contributed by atoms with Crippen molar-refractivity contribution in [1.29, 1.82) is 0 Å². The molecule has 1 heterocycles. The van der Waals surface area contributed by atoms with E-state index in [-0.39, 0.29) is 17.9 Å². The van der Waals surface area contributed by atoms with Gasteiger partial charge in [0, 0.05) is 19.0 Å². The summed E-state index contributed by atoms with van der Waals surface area (Å²) in [6, 6.07) is 3.49. The Morgan fingerprint density at radius 1 is 1.18 bits per heavy atom. The van der Waals surface area contributed by atoms with Crippen LogP contribution in [0.5, 0.6) is 0 Å². The lowest BCUT2D eigenvalue weighted by Crippen LogP contribution is -2.33. The molecule has 22 heavy (non-hydrogen) atoms. The molecule has 0 bridgehead atoms. The van der Waals surface area contributed by atoms with E-state index in [1.165, 1.54) is 12.7 Å². The number of amides is 2. The van der Waals surface area contributed by atoms with E-state index in [2.05, 4.69) is 24.5 Å². The van der Waals surface area contributed by atoms with Crippen molar-refractivity contribution in [2.75, 3.05) is 6.54 Å². The molecule has 2 amide bonds. The van der Waals surface area contributed by atoms with Gasteiger partial charge >= 0.3 is 0 Å². The van der Waals surface area contributed by atoms with Crippen molar-refractivity contribution in [3.8, 4) is 0 Å². The Labute approximate surface area is 132 Å². The van der Waals surface area contributed by atoms with Gasteiger partial charge in [0.15, 0.2) is 5.76 Å². The van der Waals surface area contributed by atoms with Gasteiger partial charge in [-0.3, -0.25) is 9.59 Å². The van der Waals surface area contributed by atoms with Crippen LogP contribution in [0, 0.1) is 5.92 Å². The van der Waals surface area contributed by atoms with Gasteiger partial charge < -0.3 is 15.1 Å². The topological polar surface area (TPSA) is 71.3 Å². The molecule has 1 atom stereocenters. The second kappa shape index (κ2) is 10.0. The normalized spacial score (nSPS) is 12.2. The average Bonchev–Trinajstić information content (AvgIpc) is 2.97. The first-order valence-electron chi connectivity index (χ1n) is 8.10. The molecule has 0 aliphatic rings. The molecular formula is C17H28N2O3. The Balaban J connectivity index is 2.06. The quantitative estimate of drug-likeness (QED) is 0.652. The van der Waals surface area contributed by atoms with Crippen LogP contribution in [0.25, 0.3) is 0 Å². The molecule has 1 unspecified atom stereocenters. The molecule has 2 N–H and O–H groups in total. The fourth-order valence-electron chi connectivity index (χ4n) is 2.20. The number of nitrogens with one attached hydrogen (secondary N) is 2. The number of rotatable bonds is 10. The van der Waals surface area contributed by atoms with Crippen molar-refractivity contribution in [1.82, 2.24) is 10.6 Å². The van der Waals surface area contributed by atoms with E-state index in [1.54, 1.807) is 12.1 Å².